The highest BCUT2D eigenvalue weighted by atomic mass is 79.9. The number of rotatable bonds is 3. The van der Waals surface area contributed by atoms with Gasteiger partial charge in [-0.15, -0.1) is 0 Å². The Bertz CT molecular complexity index is 641. The van der Waals surface area contributed by atoms with E-state index in [0.717, 1.165) is 29.9 Å². The summed E-state index contributed by atoms with van der Waals surface area (Å²) < 4.78 is 3.58. The first-order valence-corrected chi connectivity index (χ1v) is 9.38. The highest BCUT2D eigenvalue weighted by Crippen LogP contribution is 2.38. The van der Waals surface area contributed by atoms with E-state index in [9.17, 15) is 5.11 Å². The second-order valence-electron chi connectivity index (χ2n) is 4.90. The molecule has 6 heteroatoms. The molecule has 2 aromatic carbocycles. The molecular formula is C15H13Br4NO. The molecule has 2 aromatic rings. The number of nitrogens with two attached hydrogens (primary N) is 1. The minimum absolute atomic E-state index is 0.239. The number of nitrogen functional groups attached to an aromatic ring is 1. The van der Waals surface area contributed by atoms with Crippen molar-refractivity contribution < 1.29 is 5.11 Å². The van der Waals surface area contributed by atoms with Gasteiger partial charge in [-0.3, -0.25) is 0 Å². The van der Waals surface area contributed by atoms with E-state index >= 15 is 0 Å². The average molecular weight is 543 g/mol. The molecule has 112 valence electrons. The van der Waals surface area contributed by atoms with Crippen molar-refractivity contribution in [3.8, 4) is 5.75 Å². The van der Waals surface area contributed by atoms with Gasteiger partial charge in [0.2, 0.25) is 0 Å². The van der Waals surface area contributed by atoms with Gasteiger partial charge >= 0.3 is 0 Å². The van der Waals surface area contributed by atoms with E-state index in [4.69, 9.17) is 5.73 Å². The van der Waals surface area contributed by atoms with Crippen molar-refractivity contribution in [1.29, 1.82) is 0 Å². The molecule has 3 N–H and O–H groups in total. The maximum Gasteiger partial charge on any atom is 0.117 e. The maximum atomic E-state index is 9.61. The van der Waals surface area contributed by atoms with Gasteiger partial charge in [0, 0.05) is 17.9 Å². The molecule has 0 aliphatic rings. The van der Waals surface area contributed by atoms with Crippen LogP contribution in [0.1, 0.15) is 24.0 Å². The lowest BCUT2D eigenvalue weighted by Gasteiger charge is -2.17. The fourth-order valence-electron chi connectivity index (χ4n) is 2.25. The summed E-state index contributed by atoms with van der Waals surface area (Å²) in [5.74, 6) is 0.513. The summed E-state index contributed by atoms with van der Waals surface area (Å²) in [7, 11) is 0. The van der Waals surface area contributed by atoms with Crippen LogP contribution < -0.4 is 5.73 Å². The molecule has 1 unspecified atom stereocenters. The number of halogens is 4. The highest BCUT2D eigenvalue weighted by molar-refractivity contribution is 9.11. The number of hydrogen-bond donors (Lipinski definition) is 2. The van der Waals surface area contributed by atoms with Gasteiger partial charge in [0.05, 0.1) is 5.69 Å². The van der Waals surface area contributed by atoms with Gasteiger partial charge in [-0.2, -0.15) is 0 Å². The highest BCUT2D eigenvalue weighted by Gasteiger charge is 2.16. The Balaban J connectivity index is 2.32. The SMILES string of the molecule is CC(Cc1cc(Br)c(N)c(Br)c1)c1c(Br)cc(O)cc1Br. The topological polar surface area (TPSA) is 46.2 Å². The zero-order valence-electron chi connectivity index (χ0n) is 11.1. The molecule has 2 nitrogen and oxygen atoms in total. The largest absolute Gasteiger partial charge is 0.508 e. The van der Waals surface area contributed by atoms with E-state index in [1.807, 2.05) is 12.1 Å². The van der Waals surface area contributed by atoms with Crippen molar-refractivity contribution in [3.63, 3.8) is 0 Å². The van der Waals surface area contributed by atoms with Gasteiger partial charge in [-0.1, -0.05) is 38.8 Å². The molecule has 0 amide bonds. The smallest absolute Gasteiger partial charge is 0.117 e. The quantitative estimate of drug-likeness (QED) is 0.443. The lowest BCUT2D eigenvalue weighted by molar-refractivity contribution is 0.474. The molecular weight excluding hydrogens is 530 g/mol. The van der Waals surface area contributed by atoms with E-state index in [1.165, 1.54) is 5.56 Å². The maximum absolute atomic E-state index is 9.61. The van der Waals surface area contributed by atoms with Gasteiger partial charge in [-0.05, 0) is 79.6 Å². The van der Waals surface area contributed by atoms with Crippen molar-refractivity contribution in [2.45, 2.75) is 19.3 Å². The fourth-order valence-corrected chi connectivity index (χ4v) is 5.48. The zero-order valence-corrected chi connectivity index (χ0v) is 17.5. The average Bonchev–Trinajstić information content (AvgIpc) is 2.34. The molecule has 0 spiro atoms. The summed E-state index contributed by atoms with van der Waals surface area (Å²) in [6.45, 7) is 2.15. The minimum Gasteiger partial charge on any atom is -0.508 e. The van der Waals surface area contributed by atoms with Crippen molar-refractivity contribution in [3.05, 3.63) is 53.3 Å². The van der Waals surface area contributed by atoms with Crippen LogP contribution >= 0.6 is 63.7 Å². The van der Waals surface area contributed by atoms with E-state index in [-0.39, 0.29) is 11.7 Å². The summed E-state index contributed by atoms with van der Waals surface area (Å²) >= 11 is 14.0. The van der Waals surface area contributed by atoms with Crippen molar-refractivity contribution in [1.82, 2.24) is 0 Å². The lowest BCUT2D eigenvalue weighted by atomic mass is 9.93. The molecule has 1 atom stereocenters. The predicted molar refractivity (Wildman–Crippen MR) is 102 cm³/mol. The standard InChI is InChI=1S/C15H13Br4NO/c1-7(14-10(16)5-9(21)6-11(14)17)2-8-3-12(18)15(20)13(19)4-8/h3-7,21H,2,20H2,1H3. The summed E-state index contributed by atoms with van der Waals surface area (Å²) in [5, 5.41) is 9.61. The minimum atomic E-state index is 0.239. The molecule has 21 heavy (non-hydrogen) atoms. The van der Waals surface area contributed by atoms with Crippen LogP contribution in [0, 0.1) is 0 Å². The van der Waals surface area contributed by atoms with Gasteiger partial charge in [0.25, 0.3) is 0 Å². The zero-order chi connectivity index (χ0) is 15.7. The molecule has 2 rings (SSSR count). The van der Waals surface area contributed by atoms with E-state index in [1.54, 1.807) is 12.1 Å². The normalized spacial score (nSPS) is 12.4. The monoisotopic (exact) mass is 539 g/mol. The number of benzene rings is 2. The molecule has 0 aromatic heterocycles. The lowest BCUT2D eigenvalue weighted by Crippen LogP contribution is -2.02. The Hall–Kier alpha value is -0.0400. The van der Waals surface area contributed by atoms with Crippen LogP contribution in [0.3, 0.4) is 0 Å². The third-order valence-electron chi connectivity index (χ3n) is 3.24. The van der Waals surface area contributed by atoms with Gasteiger partial charge in [-0.25, -0.2) is 0 Å². The Labute approximate surface area is 157 Å². The molecule has 0 fully saturated rings. The first-order valence-electron chi connectivity index (χ1n) is 6.21. The van der Waals surface area contributed by atoms with Crippen molar-refractivity contribution in [2.24, 2.45) is 0 Å². The molecule has 0 aliphatic carbocycles. The van der Waals surface area contributed by atoms with Crippen molar-refractivity contribution >= 4 is 69.4 Å². The Kier molecular flexibility index (Phi) is 5.79. The van der Waals surface area contributed by atoms with Crippen LogP contribution in [0.4, 0.5) is 5.69 Å². The van der Waals surface area contributed by atoms with E-state index < -0.39 is 0 Å². The van der Waals surface area contributed by atoms with Crippen LogP contribution in [0.2, 0.25) is 0 Å². The predicted octanol–water partition coefficient (Wildman–Crippen LogP) is 6.37. The van der Waals surface area contributed by atoms with E-state index in [0.29, 0.717) is 5.69 Å². The Morgan fingerprint density at radius 2 is 1.43 bits per heavy atom. The summed E-state index contributed by atoms with van der Waals surface area (Å²) in [6, 6.07) is 7.51. The van der Waals surface area contributed by atoms with Gasteiger partial charge in [0.15, 0.2) is 0 Å². The molecule has 0 heterocycles. The Morgan fingerprint density at radius 1 is 0.952 bits per heavy atom. The number of hydrogen-bond acceptors (Lipinski definition) is 2. The summed E-state index contributed by atoms with van der Waals surface area (Å²) in [5.41, 5.74) is 8.95. The van der Waals surface area contributed by atoms with Crippen LogP contribution in [-0.2, 0) is 6.42 Å². The third kappa shape index (κ3) is 4.03. The second-order valence-corrected chi connectivity index (χ2v) is 8.32. The van der Waals surface area contributed by atoms with Crippen molar-refractivity contribution in [2.75, 3.05) is 5.73 Å². The summed E-state index contributed by atoms with van der Waals surface area (Å²) in [4.78, 5) is 0. The first kappa shape index (κ1) is 17.3. The fraction of sp³-hybridized carbons (Fsp3) is 0.200. The number of aromatic hydroxyl groups is 1. The molecule has 0 aliphatic heterocycles. The van der Waals surface area contributed by atoms with Crippen LogP contribution in [-0.4, -0.2) is 5.11 Å². The van der Waals surface area contributed by atoms with E-state index in [2.05, 4.69) is 70.6 Å². The summed E-state index contributed by atoms with van der Waals surface area (Å²) in [6.07, 6.45) is 0.861. The Morgan fingerprint density at radius 3 is 1.90 bits per heavy atom. The van der Waals surface area contributed by atoms with Gasteiger partial charge in [0.1, 0.15) is 5.75 Å². The third-order valence-corrected chi connectivity index (χ3v) is 5.86. The van der Waals surface area contributed by atoms with Crippen LogP contribution in [0.5, 0.6) is 5.75 Å². The van der Waals surface area contributed by atoms with Crippen LogP contribution in [0.15, 0.2) is 42.2 Å². The molecule has 0 saturated carbocycles. The molecule has 0 radical (unpaired) electrons. The molecule has 0 saturated heterocycles. The number of phenols is 1. The number of phenolic OH excluding ortho intramolecular Hbond substituents is 1. The number of anilines is 1. The molecule has 0 bridgehead atoms. The van der Waals surface area contributed by atoms with Crippen LogP contribution in [0.25, 0.3) is 0 Å². The first-order chi connectivity index (χ1) is 9.79. The van der Waals surface area contributed by atoms with Gasteiger partial charge < -0.3 is 10.8 Å². The second kappa shape index (κ2) is 7.02.